The Kier molecular flexibility index (Phi) is 7.13. The van der Waals surface area contributed by atoms with Crippen molar-refractivity contribution in [1.82, 2.24) is 5.32 Å². The average Bonchev–Trinajstić information content (AvgIpc) is 3.26. The molecule has 1 aliphatic rings. The molecule has 1 aliphatic carbocycles. The van der Waals surface area contributed by atoms with Gasteiger partial charge in [0.05, 0.1) is 6.04 Å². The second kappa shape index (κ2) is 8.70. The molecule has 0 radical (unpaired) electrons. The van der Waals surface area contributed by atoms with Crippen LogP contribution in [0, 0.1) is 18.3 Å². The van der Waals surface area contributed by atoms with Crippen molar-refractivity contribution >= 4 is 5.78 Å². The molecule has 7 heteroatoms. The highest BCUT2D eigenvalue weighted by molar-refractivity contribution is 5.85. The predicted molar refractivity (Wildman–Crippen MR) is 103 cm³/mol. The highest BCUT2D eigenvalue weighted by Gasteiger charge is 2.47. The lowest BCUT2D eigenvalue weighted by atomic mass is 9.91. The Bertz CT molecular complexity index is 692. The topological polar surface area (TPSA) is 29.1 Å². The van der Waals surface area contributed by atoms with Gasteiger partial charge in [-0.1, -0.05) is 50.6 Å². The standard InChI is InChI=1S/C22H30F5NO/c1-14(2)11-21(23,24)12-17(18(29)13-20(4)9-10-20)28-19(22(25,26)27)16-7-5-15(3)6-8-16/h5-8,14,17,19,28H,9-13H2,1-4H3/t17-,19-/m0/s1. The highest BCUT2D eigenvalue weighted by atomic mass is 19.4. The van der Waals surface area contributed by atoms with Gasteiger partial charge >= 0.3 is 6.18 Å². The van der Waals surface area contributed by atoms with Gasteiger partial charge in [-0.25, -0.2) is 8.78 Å². The van der Waals surface area contributed by atoms with Gasteiger partial charge in [0.2, 0.25) is 5.92 Å². The Morgan fingerprint density at radius 2 is 1.62 bits per heavy atom. The summed E-state index contributed by atoms with van der Waals surface area (Å²) < 4.78 is 70.2. The average molecular weight is 419 g/mol. The number of carbonyl (C=O) groups is 1. The van der Waals surface area contributed by atoms with Gasteiger partial charge in [0, 0.05) is 19.3 Å². The van der Waals surface area contributed by atoms with Crippen LogP contribution < -0.4 is 5.32 Å². The zero-order valence-corrected chi connectivity index (χ0v) is 17.4. The van der Waals surface area contributed by atoms with Crippen molar-refractivity contribution in [2.75, 3.05) is 0 Å². The molecular formula is C22H30F5NO. The molecule has 0 heterocycles. The van der Waals surface area contributed by atoms with Crippen molar-refractivity contribution in [3.05, 3.63) is 35.4 Å². The third kappa shape index (κ3) is 7.36. The summed E-state index contributed by atoms with van der Waals surface area (Å²) in [5.74, 6) is -4.14. The van der Waals surface area contributed by atoms with Crippen LogP contribution in [0.5, 0.6) is 0 Å². The second-order valence-corrected chi connectivity index (χ2v) is 9.22. The van der Waals surface area contributed by atoms with Crippen LogP contribution in [-0.2, 0) is 4.79 Å². The molecule has 0 aliphatic heterocycles. The van der Waals surface area contributed by atoms with Gasteiger partial charge in [0.1, 0.15) is 6.04 Å². The lowest BCUT2D eigenvalue weighted by Crippen LogP contribution is -2.47. The number of carbonyl (C=O) groups excluding carboxylic acids is 1. The monoisotopic (exact) mass is 419 g/mol. The van der Waals surface area contributed by atoms with Crippen LogP contribution in [0.3, 0.4) is 0 Å². The van der Waals surface area contributed by atoms with Gasteiger partial charge in [0.25, 0.3) is 0 Å². The molecule has 0 aromatic heterocycles. The third-order valence-corrected chi connectivity index (χ3v) is 5.41. The first-order valence-corrected chi connectivity index (χ1v) is 10.0. The molecule has 0 unspecified atom stereocenters. The zero-order chi connectivity index (χ0) is 22.0. The van der Waals surface area contributed by atoms with E-state index in [-0.39, 0.29) is 23.3 Å². The van der Waals surface area contributed by atoms with E-state index in [0.717, 1.165) is 18.4 Å². The van der Waals surface area contributed by atoms with Gasteiger partial charge in [0.15, 0.2) is 5.78 Å². The summed E-state index contributed by atoms with van der Waals surface area (Å²) in [6.45, 7) is 6.84. The van der Waals surface area contributed by atoms with Crippen molar-refractivity contribution < 1.29 is 26.7 Å². The van der Waals surface area contributed by atoms with Crippen molar-refractivity contribution in [3.8, 4) is 0 Å². The fraction of sp³-hybridized carbons (Fsp3) is 0.682. The van der Waals surface area contributed by atoms with E-state index in [1.807, 2.05) is 6.92 Å². The van der Waals surface area contributed by atoms with Crippen LogP contribution in [0.4, 0.5) is 22.0 Å². The largest absolute Gasteiger partial charge is 0.407 e. The van der Waals surface area contributed by atoms with E-state index < -0.39 is 42.8 Å². The number of ketones is 1. The Morgan fingerprint density at radius 3 is 2.07 bits per heavy atom. The maximum atomic E-state index is 14.5. The first-order valence-electron chi connectivity index (χ1n) is 10.0. The minimum atomic E-state index is -4.72. The number of halogens is 5. The van der Waals surface area contributed by atoms with E-state index >= 15 is 0 Å². The van der Waals surface area contributed by atoms with E-state index in [2.05, 4.69) is 5.32 Å². The lowest BCUT2D eigenvalue weighted by molar-refractivity contribution is -0.163. The fourth-order valence-electron chi connectivity index (χ4n) is 3.52. The molecule has 1 N–H and O–H groups in total. The molecule has 2 rings (SSSR count). The Morgan fingerprint density at radius 1 is 1.07 bits per heavy atom. The number of rotatable bonds is 10. The molecule has 29 heavy (non-hydrogen) atoms. The summed E-state index contributed by atoms with van der Waals surface area (Å²) >= 11 is 0. The van der Waals surface area contributed by atoms with Gasteiger partial charge in [-0.15, -0.1) is 0 Å². The SMILES string of the molecule is Cc1ccc([C@H](N[C@@H](CC(F)(F)CC(C)C)C(=O)CC2(C)CC2)C(F)(F)F)cc1. The van der Waals surface area contributed by atoms with Gasteiger partial charge < -0.3 is 0 Å². The molecule has 2 nitrogen and oxygen atoms in total. The van der Waals surface area contributed by atoms with E-state index in [1.165, 1.54) is 24.3 Å². The summed E-state index contributed by atoms with van der Waals surface area (Å²) in [6.07, 6.45) is -4.54. The van der Waals surface area contributed by atoms with Gasteiger partial charge in [-0.3, -0.25) is 10.1 Å². The highest BCUT2D eigenvalue weighted by Crippen LogP contribution is 2.49. The number of hydrogen-bond donors (Lipinski definition) is 1. The Balaban J connectivity index is 2.29. The normalized spacial score (nSPS) is 18.6. The van der Waals surface area contributed by atoms with Crippen LogP contribution in [0.15, 0.2) is 24.3 Å². The summed E-state index contributed by atoms with van der Waals surface area (Å²) in [6, 6.07) is 1.96. The molecule has 0 amide bonds. The maximum absolute atomic E-state index is 14.5. The van der Waals surface area contributed by atoms with Crippen LogP contribution in [0.2, 0.25) is 0 Å². The van der Waals surface area contributed by atoms with E-state index in [9.17, 15) is 26.7 Å². The fourth-order valence-corrected chi connectivity index (χ4v) is 3.52. The number of nitrogens with one attached hydrogen (secondary N) is 1. The van der Waals surface area contributed by atoms with Crippen molar-refractivity contribution in [2.24, 2.45) is 11.3 Å². The van der Waals surface area contributed by atoms with Gasteiger partial charge in [-0.2, -0.15) is 13.2 Å². The number of aryl methyl sites for hydroxylation is 1. The quantitative estimate of drug-likeness (QED) is 0.446. The Hall–Kier alpha value is -1.50. The van der Waals surface area contributed by atoms with Crippen molar-refractivity contribution in [2.45, 2.75) is 84.0 Å². The third-order valence-electron chi connectivity index (χ3n) is 5.41. The molecule has 1 fully saturated rings. The minimum Gasteiger partial charge on any atom is -0.298 e. The molecular weight excluding hydrogens is 389 g/mol. The van der Waals surface area contributed by atoms with E-state index in [0.29, 0.717) is 0 Å². The van der Waals surface area contributed by atoms with Crippen LogP contribution >= 0.6 is 0 Å². The summed E-state index contributed by atoms with van der Waals surface area (Å²) in [4.78, 5) is 12.7. The number of alkyl halides is 5. The second-order valence-electron chi connectivity index (χ2n) is 9.22. The van der Waals surface area contributed by atoms with Crippen LogP contribution in [-0.4, -0.2) is 23.9 Å². The predicted octanol–water partition coefficient (Wildman–Crippen LogP) is 6.39. The molecule has 2 atom stereocenters. The molecule has 1 aromatic carbocycles. The maximum Gasteiger partial charge on any atom is 0.407 e. The molecule has 1 aromatic rings. The minimum absolute atomic E-state index is 0.0148. The lowest BCUT2D eigenvalue weighted by Gasteiger charge is -2.30. The van der Waals surface area contributed by atoms with Crippen molar-refractivity contribution in [3.63, 3.8) is 0 Å². The van der Waals surface area contributed by atoms with E-state index in [4.69, 9.17) is 0 Å². The summed E-state index contributed by atoms with van der Waals surface area (Å²) in [5, 5.41) is 2.25. The number of benzene rings is 1. The molecule has 0 saturated heterocycles. The number of Topliss-reactive ketones (excluding diaryl/α,β-unsaturated/α-hetero) is 1. The molecule has 164 valence electrons. The first kappa shape index (κ1) is 23.8. The summed E-state index contributed by atoms with van der Waals surface area (Å²) in [5.41, 5.74) is 0.417. The van der Waals surface area contributed by atoms with Crippen LogP contribution in [0.1, 0.15) is 70.0 Å². The van der Waals surface area contributed by atoms with Gasteiger partial charge in [-0.05, 0) is 36.7 Å². The molecule has 0 spiro atoms. The first-order chi connectivity index (χ1) is 13.2. The van der Waals surface area contributed by atoms with Crippen molar-refractivity contribution in [1.29, 1.82) is 0 Å². The zero-order valence-electron chi connectivity index (χ0n) is 17.4. The smallest absolute Gasteiger partial charge is 0.298 e. The molecule has 0 bridgehead atoms. The Labute approximate surface area is 169 Å². The molecule has 1 saturated carbocycles. The summed E-state index contributed by atoms with van der Waals surface area (Å²) in [7, 11) is 0. The number of hydrogen-bond acceptors (Lipinski definition) is 2. The van der Waals surface area contributed by atoms with E-state index in [1.54, 1.807) is 20.8 Å². The van der Waals surface area contributed by atoms with Crippen LogP contribution in [0.25, 0.3) is 0 Å².